The maximum atomic E-state index is 11.5. The van der Waals surface area contributed by atoms with Crippen molar-refractivity contribution in [1.29, 1.82) is 0 Å². The number of phenolic OH excluding ortho intramolecular Hbond substituents is 8. The maximum Gasteiger partial charge on any atom is 0.137 e. The van der Waals surface area contributed by atoms with Crippen LogP contribution < -0.4 is 10.6 Å². The molecule has 0 saturated heterocycles. The SMILES string of the molecule is CC(Cc1cc(O)ccc1O)Nc1ccc(NC(C)Cc2cc(O)ccc2O)c2c(O)c3c(O)ccc(O)c3c(O)c12. The van der Waals surface area contributed by atoms with Crippen LogP contribution in [0.5, 0.6) is 46.0 Å². The first-order valence-corrected chi connectivity index (χ1v) is 13.3. The van der Waals surface area contributed by atoms with Crippen molar-refractivity contribution >= 4 is 32.9 Å². The number of phenols is 8. The summed E-state index contributed by atoms with van der Waals surface area (Å²) in [4.78, 5) is 0. The lowest BCUT2D eigenvalue weighted by Crippen LogP contribution is -2.20. The number of hydrogen-bond donors (Lipinski definition) is 10. The second kappa shape index (κ2) is 10.9. The first kappa shape index (κ1) is 28.2. The van der Waals surface area contributed by atoms with E-state index in [1.54, 1.807) is 12.1 Å². The van der Waals surface area contributed by atoms with Gasteiger partial charge in [-0.05, 0) is 98.5 Å². The summed E-state index contributed by atoms with van der Waals surface area (Å²) in [7, 11) is 0. The zero-order valence-corrected chi connectivity index (χ0v) is 22.9. The fourth-order valence-corrected chi connectivity index (χ4v) is 5.41. The standard InChI is InChI=1S/C32H32N2O8/c1-15(11-17-13-19(35)3-7-23(17)37)33-21-5-6-22(34-16(2)12-18-14-20(36)4-8-24(18)38)28-27(21)31(41)29-25(39)9-10-26(40)30(29)32(28)42/h3-10,13-16,33-42H,11-12H2,1-2H3. The number of benzene rings is 5. The molecule has 0 aliphatic rings. The molecule has 218 valence electrons. The van der Waals surface area contributed by atoms with Gasteiger partial charge in [0.15, 0.2) is 0 Å². The molecule has 5 aromatic carbocycles. The van der Waals surface area contributed by atoms with Gasteiger partial charge in [-0.2, -0.15) is 0 Å². The van der Waals surface area contributed by atoms with E-state index in [2.05, 4.69) is 10.6 Å². The first-order chi connectivity index (χ1) is 19.9. The van der Waals surface area contributed by atoms with Crippen molar-refractivity contribution < 1.29 is 40.9 Å². The molecule has 10 heteroatoms. The minimum absolute atomic E-state index is 0.00773. The molecule has 0 spiro atoms. The average molecular weight is 573 g/mol. The van der Waals surface area contributed by atoms with Crippen LogP contribution in [0.4, 0.5) is 11.4 Å². The monoisotopic (exact) mass is 572 g/mol. The van der Waals surface area contributed by atoms with E-state index >= 15 is 0 Å². The summed E-state index contributed by atoms with van der Waals surface area (Å²) in [6, 6.07) is 13.6. The summed E-state index contributed by atoms with van der Waals surface area (Å²) < 4.78 is 0. The molecule has 5 rings (SSSR count). The van der Waals surface area contributed by atoms with Gasteiger partial charge in [0.1, 0.15) is 46.0 Å². The quantitative estimate of drug-likeness (QED) is 0.0814. The molecule has 0 fully saturated rings. The summed E-state index contributed by atoms with van der Waals surface area (Å²) in [5.41, 5.74) is 1.81. The normalized spacial score (nSPS) is 12.8. The summed E-state index contributed by atoms with van der Waals surface area (Å²) in [6.07, 6.45) is 0.608. The van der Waals surface area contributed by atoms with Gasteiger partial charge in [0.2, 0.25) is 0 Å². The van der Waals surface area contributed by atoms with E-state index in [1.165, 1.54) is 48.5 Å². The Labute approximate surface area is 241 Å². The molecule has 0 radical (unpaired) electrons. The van der Waals surface area contributed by atoms with Gasteiger partial charge in [0.05, 0.1) is 21.5 Å². The largest absolute Gasteiger partial charge is 0.508 e. The van der Waals surface area contributed by atoms with Gasteiger partial charge >= 0.3 is 0 Å². The molecule has 5 aromatic rings. The lowest BCUT2D eigenvalue weighted by molar-refractivity contribution is 0.451. The van der Waals surface area contributed by atoms with Gasteiger partial charge in [-0.1, -0.05) is 0 Å². The topological polar surface area (TPSA) is 186 Å². The molecule has 0 aliphatic carbocycles. The number of nitrogens with one attached hydrogen (secondary N) is 2. The molecule has 0 amide bonds. The van der Waals surface area contributed by atoms with E-state index in [0.29, 0.717) is 35.3 Å². The Morgan fingerprint density at radius 2 is 0.833 bits per heavy atom. The van der Waals surface area contributed by atoms with Crippen molar-refractivity contribution in [2.24, 2.45) is 0 Å². The van der Waals surface area contributed by atoms with Crippen LogP contribution in [0.25, 0.3) is 21.5 Å². The average Bonchev–Trinajstić information content (AvgIpc) is 2.93. The fourth-order valence-electron chi connectivity index (χ4n) is 5.41. The van der Waals surface area contributed by atoms with Crippen LogP contribution in [0, 0.1) is 0 Å². The third kappa shape index (κ3) is 5.22. The van der Waals surface area contributed by atoms with E-state index < -0.39 is 0 Å². The van der Waals surface area contributed by atoms with Crippen LogP contribution in [0.3, 0.4) is 0 Å². The molecule has 0 bridgehead atoms. The van der Waals surface area contributed by atoms with Gasteiger partial charge in [-0.25, -0.2) is 0 Å². The van der Waals surface area contributed by atoms with Crippen LogP contribution in [-0.4, -0.2) is 52.9 Å². The van der Waals surface area contributed by atoms with Crippen LogP contribution >= 0.6 is 0 Å². The summed E-state index contributed by atoms with van der Waals surface area (Å²) >= 11 is 0. The van der Waals surface area contributed by atoms with Gasteiger partial charge in [0, 0.05) is 23.5 Å². The molecule has 0 heterocycles. The van der Waals surface area contributed by atoms with Crippen molar-refractivity contribution in [2.75, 3.05) is 10.6 Å². The highest BCUT2D eigenvalue weighted by Gasteiger charge is 2.24. The fraction of sp³-hybridized carbons (Fsp3) is 0.188. The second-order valence-corrected chi connectivity index (χ2v) is 10.6. The molecule has 2 atom stereocenters. The molecule has 42 heavy (non-hydrogen) atoms. The Kier molecular flexibility index (Phi) is 7.30. The Bertz CT molecular complexity index is 1690. The maximum absolute atomic E-state index is 11.5. The molecule has 0 saturated carbocycles. The summed E-state index contributed by atoms with van der Waals surface area (Å²) in [5.74, 6) is -1.37. The van der Waals surface area contributed by atoms with Gasteiger partial charge in [-0.3, -0.25) is 0 Å². The lowest BCUT2D eigenvalue weighted by atomic mass is 9.95. The van der Waals surface area contributed by atoms with E-state index in [9.17, 15) is 40.9 Å². The molecular formula is C32H32N2O8. The van der Waals surface area contributed by atoms with Crippen LogP contribution in [-0.2, 0) is 12.8 Å². The van der Waals surface area contributed by atoms with Crippen molar-refractivity contribution in [3.8, 4) is 46.0 Å². The highest BCUT2D eigenvalue weighted by atomic mass is 16.3. The first-order valence-electron chi connectivity index (χ1n) is 13.3. The van der Waals surface area contributed by atoms with Gasteiger partial charge in [0.25, 0.3) is 0 Å². The van der Waals surface area contributed by atoms with Crippen LogP contribution in [0.2, 0.25) is 0 Å². The van der Waals surface area contributed by atoms with Crippen molar-refractivity contribution in [2.45, 2.75) is 38.8 Å². The number of anilines is 2. The van der Waals surface area contributed by atoms with Crippen LogP contribution in [0.1, 0.15) is 25.0 Å². The minimum atomic E-state index is -0.372. The number of aromatic hydroxyl groups is 8. The molecule has 0 aliphatic heterocycles. The predicted octanol–water partition coefficient (Wildman–Crippen LogP) is 5.72. The smallest absolute Gasteiger partial charge is 0.137 e. The Morgan fingerprint density at radius 3 is 1.21 bits per heavy atom. The van der Waals surface area contributed by atoms with E-state index in [4.69, 9.17) is 0 Å². The Hall–Kier alpha value is -5.38. The zero-order valence-electron chi connectivity index (χ0n) is 22.9. The molecule has 10 nitrogen and oxygen atoms in total. The van der Waals surface area contributed by atoms with E-state index in [0.717, 1.165) is 0 Å². The lowest BCUT2D eigenvalue weighted by Gasteiger charge is -2.23. The second-order valence-electron chi connectivity index (χ2n) is 10.6. The van der Waals surface area contributed by atoms with Gasteiger partial charge in [-0.15, -0.1) is 0 Å². The third-order valence-electron chi connectivity index (χ3n) is 7.30. The number of hydrogen-bond acceptors (Lipinski definition) is 10. The third-order valence-corrected chi connectivity index (χ3v) is 7.30. The zero-order chi connectivity index (χ0) is 30.3. The highest BCUT2D eigenvalue weighted by Crippen LogP contribution is 2.52. The van der Waals surface area contributed by atoms with Crippen molar-refractivity contribution in [1.82, 2.24) is 0 Å². The predicted molar refractivity (Wildman–Crippen MR) is 161 cm³/mol. The van der Waals surface area contributed by atoms with Crippen molar-refractivity contribution in [3.63, 3.8) is 0 Å². The number of fused-ring (bicyclic) bond motifs is 2. The van der Waals surface area contributed by atoms with Crippen LogP contribution in [0.15, 0.2) is 60.7 Å². The summed E-state index contributed by atoms with van der Waals surface area (Å²) in [5, 5.41) is 91.0. The molecular weight excluding hydrogens is 540 g/mol. The Balaban J connectivity index is 1.61. The van der Waals surface area contributed by atoms with Crippen molar-refractivity contribution in [3.05, 3.63) is 71.8 Å². The molecule has 0 aromatic heterocycles. The van der Waals surface area contributed by atoms with E-state index in [-0.39, 0.29) is 79.6 Å². The highest BCUT2D eigenvalue weighted by molar-refractivity contribution is 6.21. The summed E-state index contributed by atoms with van der Waals surface area (Å²) in [6.45, 7) is 3.68. The minimum Gasteiger partial charge on any atom is -0.508 e. The van der Waals surface area contributed by atoms with Gasteiger partial charge < -0.3 is 51.5 Å². The molecule has 2 unspecified atom stereocenters. The Morgan fingerprint density at radius 1 is 0.476 bits per heavy atom. The molecule has 10 N–H and O–H groups in total. The number of rotatable bonds is 8. The van der Waals surface area contributed by atoms with E-state index in [1.807, 2.05) is 13.8 Å².